The second kappa shape index (κ2) is 7.62. The number of amidine groups is 1. The molecule has 31 heavy (non-hydrogen) atoms. The molecule has 3 aliphatic heterocycles. The van der Waals surface area contributed by atoms with E-state index in [1.165, 1.54) is 12.1 Å². The fourth-order valence-corrected chi connectivity index (χ4v) is 4.04. The molecule has 1 aromatic heterocycles. The van der Waals surface area contributed by atoms with Crippen molar-refractivity contribution in [3.63, 3.8) is 0 Å². The zero-order chi connectivity index (χ0) is 21.4. The quantitative estimate of drug-likeness (QED) is 0.524. The zero-order valence-corrected chi connectivity index (χ0v) is 16.6. The fourth-order valence-electron chi connectivity index (χ4n) is 4.04. The lowest BCUT2D eigenvalue weighted by Gasteiger charge is -2.26. The van der Waals surface area contributed by atoms with E-state index in [0.29, 0.717) is 17.2 Å². The van der Waals surface area contributed by atoms with Gasteiger partial charge in [0.1, 0.15) is 23.5 Å². The van der Waals surface area contributed by atoms with Crippen LogP contribution in [0, 0.1) is 5.82 Å². The smallest absolute Gasteiger partial charge is 0.265 e. The van der Waals surface area contributed by atoms with Gasteiger partial charge in [0.15, 0.2) is 0 Å². The van der Waals surface area contributed by atoms with Crippen molar-refractivity contribution in [2.24, 2.45) is 15.8 Å². The molecule has 0 bridgehead atoms. The lowest BCUT2D eigenvalue weighted by molar-refractivity contribution is -0.750. The van der Waals surface area contributed by atoms with Crippen molar-refractivity contribution in [3.05, 3.63) is 83.3 Å². The topological polar surface area (TPSA) is 105 Å². The Morgan fingerprint density at radius 3 is 2.94 bits per heavy atom. The van der Waals surface area contributed by atoms with Crippen molar-refractivity contribution < 1.29 is 13.8 Å². The molecule has 2 unspecified atom stereocenters. The van der Waals surface area contributed by atoms with Crippen LogP contribution in [0.4, 0.5) is 10.2 Å². The predicted octanol–water partition coefficient (Wildman–Crippen LogP) is 2.44. The summed E-state index contributed by atoms with van der Waals surface area (Å²) in [7, 11) is 0. The standard InChI is InChI=1S/C22H20FN7O/c23-16-12-14(6-7-15(16)22(31)28-19-5-1-2-8-27-19)21-29-20(17-4-3-9-26-17)18-13-25-10-11-30(18,21)24/h1-2,5-8,10-13,17,26H,3-4,9,24H2/p+1. The minimum Gasteiger partial charge on any atom is -0.308 e. The molecule has 2 atom stereocenters. The number of aromatic nitrogens is 1. The number of halogens is 1. The average Bonchev–Trinajstić information content (AvgIpc) is 3.40. The third-order valence-electron chi connectivity index (χ3n) is 5.59. The van der Waals surface area contributed by atoms with Crippen molar-refractivity contribution in [3.8, 4) is 0 Å². The third kappa shape index (κ3) is 3.38. The number of hydrogen-bond donors (Lipinski definition) is 3. The average molecular weight is 418 g/mol. The summed E-state index contributed by atoms with van der Waals surface area (Å²) in [6, 6.07) is 9.57. The fraction of sp³-hybridized carbons (Fsp3) is 0.182. The van der Waals surface area contributed by atoms with Crippen LogP contribution in [-0.2, 0) is 0 Å². The second-order valence-electron chi connectivity index (χ2n) is 7.57. The maximum absolute atomic E-state index is 14.9. The van der Waals surface area contributed by atoms with E-state index in [4.69, 9.17) is 10.8 Å². The third-order valence-corrected chi connectivity index (χ3v) is 5.59. The van der Waals surface area contributed by atoms with Crippen LogP contribution in [0.1, 0.15) is 28.8 Å². The first-order valence-electron chi connectivity index (χ1n) is 10.0. The number of carbonyl (C=O) groups is 1. The summed E-state index contributed by atoms with van der Waals surface area (Å²) in [5.74, 6) is 6.28. The van der Waals surface area contributed by atoms with Gasteiger partial charge in [-0.05, 0) is 49.7 Å². The maximum atomic E-state index is 14.9. The van der Waals surface area contributed by atoms with Crippen LogP contribution in [-0.4, -0.2) is 40.1 Å². The van der Waals surface area contributed by atoms with E-state index in [1.54, 1.807) is 49.1 Å². The Morgan fingerprint density at radius 2 is 2.19 bits per heavy atom. The predicted molar refractivity (Wildman–Crippen MR) is 115 cm³/mol. The minimum absolute atomic E-state index is 0.0831. The summed E-state index contributed by atoms with van der Waals surface area (Å²) < 4.78 is 14.8. The molecule has 2 aromatic rings. The van der Waals surface area contributed by atoms with Gasteiger partial charge in [0, 0.05) is 6.20 Å². The van der Waals surface area contributed by atoms with Crippen molar-refractivity contribution in [1.82, 2.24) is 10.3 Å². The molecule has 0 radical (unpaired) electrons. The van der Waals surface area contributed by atoms with Crippen LogP contribution in [0.3, 0.4) is 0 Å². The first kappa shape index (κ1) is 19.4. The Hall–Kier alpha value is -3.53. The second-order valence-corrected chi connectivity index (χ2v) is 7.57. The molecule has 0 saturated carbocycles. The molecule has 5 rings (SSSR count). The highest BCUT2D eigenvalue weighted by atomic mass is 19.1. The molecule has 1 saturated heterocycles. The molecule has 9 heteroatoms. The van der Waals surface area contributed by atoms with E-state index in [0.717, 1.165) is 30.8 Å². The van der Waals surface area contributed by atoms with E-state index in [9.17, 15) is 9.18 Å². The van der Waals surface area contributed by atoms with Crippen molar-refractivity contribution in [2.75, 3.05) is 11.9 Å². The number of pyridine rings is 1. The molecule has 4 heterocycles. The first-order valence-corrected chi connectivity index (χ1v) is 10.0. The van der Waals surface area contributed by atoms with Gasteiger partial charge in [-0.15, -0.1) is 4.59 Å². The Morgan fingerprint density at radius 1 is 1.29 bits per heavy atom. The van der Waals surface area contributed by atoms with E-state index in [-0.39, 0.29) is 16.2 Å². The number of benzene rings is 1. The highest BCUT2D eigenvalue weighted by Crippen LogP contribution is 2.34. The zero-order valence-electron chi connectivity index (χ0n) is 16.6. The molecule has 1 aromatic carbocycles. The van der Waals surface area contributed by atoms with Crippen LogP contribution in [0.15, 0.2) is 76.4 Å². The number of carbonyl (C=O) groups excluding carboxylic acids is 1. The SMILES string of the molecule is N[N+]12C=CN=CC1=C(C1CCCN1)N=C2c1ccc(C(=O)Nc2ccccn2)c(F)c1. The number of quaternary nitrogens is 1. The highest BCUT2D eigenvalue weighted by molar-refractivity contribution is 6.05. The van der Waals surface area contributed by atoms with Gasteiger partial charge >= 0.3 is 0 Å². The molecule has 1 fully saturated rings. The van der Waals surface area contributed by atoms with Crippen LogP contribution in [0.25, 0.3) is 0 Å². The summed E-state index contributed by atoms with van der Waals surface area (Å²) >= 11 is 0. The Bertz CT molecular complexity index is 1170. The molecular weight excluding hydrogens is 397 g/mol. The van der Waals surface area contributed by atoms with Crippen LogP contribution < -0.4 is 16.5 Å². The summed E-state index contributed by atoms with van der Waals surface area (Å²) in [6.07, 6.45) is 8.59. The molecule has 0 spiro atoms. The number of nitrogens with one attached hydrogen (secondary N) is 2. The van der Waals surface area contributed by atoms with Gasteiger partial charge in [-0.2, -0.15) is 10.8 Å². The number of amides is 1. The number of hydrogen-bond acceptors (Lipinski definition) is 6. The highest BCUT2D eigenvalue weighted by Gasteiger charge is 2.46. The Kier molecular flexibility index (Phi) is 4.78. The normalized spacial score (nSPS) is 24.3. The van der Waals surface area contributed by atoms with Crippen LogP contribution in [0.5, 0.6) is 0 Å². The van der Waals surface area contributed by atoms with Crippen molar-refractivity contribution in [1.29, 1.82) is 0 Å². The lowest BCUT2D eigenvalue weighted by Crippen LogP contribution is -2.53. The Balaban J connectivity index is 1.47. The van der Waals surface area contributed by atoms with Gasteiger partial charge in [-0.25, -0.2) is 9.37 Å². The summed E-state index contributed by atoms with van der Waals surface area (Å²) in [5, 5.41) is 6.02. The van der Waals surface area contributed by atoms with E-state index in [1.807, 2.05) is 0 Å². The Labute approximate surface area is 178 Å². The summed E-state index contributed by atoms with van der Waals surface area (Å²) in [5.41, 5.74) is 1.99. The number of allylic oxidation sites excluding steroid dienone is 1. The minimum atomic E-state index is -0.663. The van der Waals surface area contributed by atoms with Gasteiger partial charge in [-0.1, -0.05) is 6.07 Å². The number of rotatable bonds is 4. The van der Waals surface area contributed by atoms with Crippen molar-refractivity contribution >= 4 is 23.8 Å². The van der Waals surface area contributed by atoms with Gasteiger partial charge in [-0.3, -0.25) is 9.79 Å². The molecule has 156 valence electrons. The van der Waals surface area contributed by atoms with E-state index in [2.05, 4.69) is 20.6 Å². The van der Waals surface area contributed by atoms with Crippen molar-refractivity contribution in [2.45, 2.75) is 18.9 Å². The monoisotopic (exact) mass is 418 g/mol. The van der Waals surface area contributed by atoms with E-state index < -0.39 is 11.7 Å². The van der Waals surface area contributed by atoms with Gasteiger partial charge < -0.3 is 10.6 Å². The number of nitrogens with two attached hydrogens (primary N) is 1. The maximum Gasteiger partial charge on any atom is 0.265 e. The molecule has 1 amide bonds. The molecule has 8 nitrogen and oxygen atoms in total. The molecular formula is C22H21FN7O+. The summed E-state index contributed by atoms with van der Waals surface area (Å²) in [6.45, 7) is 0.915. The summed E-state index contributed by atoms with van der Waals surface area (Å²) in [4.78, 5) is 25.5. The number of fused-ring (bicyclic) bond motifs is 1. The molecule has 0 aliphatic carbocycles. The largest absolute Gasteiger partial charge is 0.308 e. The number of anilines is 1. The van der Waals surface area contributed by atoms with Gasteiger partial charge in [0.2, 0.25) is 5.70 Å². The lowest BCUT2D eigenvalue weighted by atomic mass is 10.1. The van der Waals surface area contributed by atoms with Crippen LogP contribution in [0.2, 0.25) is 0 Å². The molecule has 4 N–H and O–H groups in total. The van der Waals surface area contributed by atoms with Gasteiger partial charge in [0.25, 0.3) is 11.7 Å². The van der Waals surface area contributed by atoms with Gasteiger partial charge in [0.05, 0.1) is 29.6 Å². The molecule has 3 aliphatic rings. The first-order chi connectivity index (χ1) is 15.1. The number of aliphatic imine (C=N–C) groups is 2. The number of nitrogens with zero attached hydrogens (tertiary/aromatic N) is 4. The van der Waals surface area contributed by atoms with E-state index >= 15 is 0 Å². The van der Waals surface area contributed by atoms with Crippen LogP contribution >= 0.6 is 0 Å².